The van der Waals surface area contributed by atoms with Crippen molar-refractivity contribution in [1.82, 2.24) is 15.1 Å². The molecule has 0 bridgehead atoms. The quantitative estimate of drug-likeness (QED) is 0.754. The Morgan fingerprint density at radius 1 is 1.13 bits per heavy atom. The van der Waals surface area contributed by atoms with E-state index in [0.29, 0.717) is 6.54 Å². The number of likely N-dealkylation sites (N-methyl/N-ethyl adjacent to an activating group) is 1. The van der Waals surface area contributed by atoms with Crippen molar-refractivity contribution < 1.29 is 19.0 Å². The highest BCUT2D eigenvalue weighted by Gasteiger charge is 2.54. The highest BCUT2D eigenvalue weighted by Crippen LogP contribution is 2.48. The summed E-state index contributed by atoms with van der Waals surface area (Å²) in [5.74, 6) is 1.75. The smallest absolute Gasteiger partial charge is 0.325 e. The number of urea groups is 1. The number of allylic oxidation sites excluding steroid dienone is 1. The number of halogens is 1. The molecule has 4 rings (SSSR count). The molecule has 0 saturated carbocycles. The van der Waals surface area contributed by atoms with Crippen molar-refractivity contribution in [2.45, 2.75) is 44.7 Å². The van der Waals surface area contributed by atoms with Crippen LogP contribution in [0, 0.1) is 0 Å². The van der Waals surface area contributed by atoms with Crippen LogP contribution >= 0.6 is 12.4 Å². The lowest BCUT2D eigenvalue weighted by atomic mass is 9.82. The largest absolute Gasteiger partial charge is 0.497 e. The molecule has 3 aliphatic rings. The fourth-order valence-corrected chi connectivity index (χ4v) is 5.10. The maximum atomic E-state index is 13.4. The average Bonchev–Trinajstić information content (AvgIpc) is 2.86. The molecule has 1 spiro atoms. The molecule has 1 N–H and O–H groups in total. The molecule has 8 heteroatoms. The molecule has 0 aliphatic carbocycles. The van der Waals surface area contributed by atoms with E-state index in [1.807, 2.05) is 17.0 Å². The molecule has 3 aliphatic heterocycles. The van der Waals surface area contributed by atoms with Gasteiger partial charge in [0, 0.05) is 44.0 Å². The molecular formula is C23H36ClN3O4. The second-order valence-electron chi connectivity index (χ2n) is 8.05. The summed E-state index contributed by atoms with van der Waals surface area (Å²) in [6.45, 7) is 7.44. The van der Waals surface area contributed by atoms with E-state index < -0.39 is 0 Å². The van der Waals surface area contributed by atoms with Gasteiger partial charge < -0.3 is 24.4 Å². The molecule has 1 aromatic carbocycles. The third-order valence-electron chi connectivity index (χ3n) is 6.34. The minimum Gasteiger partial charge on any atom is -0.497 e. The van der Waals surface area contributed by atoms with Crippen molar-refractivity contribution >= 4 is 18.4 Å². The maximum absolute atomic E-state index is 13.4. The minimum atomic E-state index is -0.190. The van der Waals surface area contributed by atoms with Gasteiger partial charge in [-0.25, -0.2) is 4.79 Å². The van der Waals surface area contributed by atoms with Crippen molar-refractivity contribution in [2.75, 3.05) is 48.1 Å². The van der Waals surface area contributed by atoms with E-state index in [9.17, 15) is 4.79 Å². The van der Waals surface area contributed by atoms with Gasteiger partial charge in [-0.2, -0.15) is 0 Å². The second-order valence-corrected chi connectivity index (χ2v) is 8.05. The fourth-order valence-electron chi connectivity index (χ4n) is 5.10. The van der Waals surface area contributed by atoms with Gasteiger partial charge >= 0.3 is 6.03 Å². The number of carbonyl (C=O) groups is 1. The molecule has 2 saturated heterocycles. The van der Waals surface area contributed by atoms with Crippen LogP contribution in [0.3, 0.4) is 0 Å². The average molecular weight is 454 g/mol. The first-order valence-electron chi connectivity index (χ1n) is 10.6. The van der Waals surface area contributed by atoms with Crippen LogP contribution in [-0.2, 0) is 11.3 Å². The molecule has 1 aromatic rings. The molecule has 0 unspecified atom stereocenters. The summed E-state index contributed by atoms with van der Waals surface area (Å²) < 4.78 is 15.4. The molecule has 0 radical (unpaired) electrons. The third-order valence-corrected chi connectivity index (χ3v) is 6.34. The molecule has 2 fully saturated rings. The van der Waals surface area contributed by atoms with Gasteiger partial charge in [-0.05, 0) is 44.5 Å². The monoisotopic (exact) mass is 453 g/mol. The highest BCUT2D eigenvalue weighted by molar-refractivity contribution is 5.85. The number of carbonyl (C=O) groups excluding carboxylic acids is 1. The van der Waals surface area contributed by atoms with Gasteiger partial charge in [0.15, 0.2) is 0 Å². The number of rotatable bonds is 3. The first-order valence-corrected chi connectivity index (χ1v) is 10.6. The van der Waals surface area contributed by atoms with Gasteiger partial charge in [-0.3, -0.25) is 4.90 Å². The van der Waals surface area contributed by atoms with Crippen molar-refractivity contribution in [3.63, 3.8) is 0 Å². The lowest BCUT2D eigenvalue weighted by molar-refractivity contribution is 0.141. The first kappa shape index (κ1) is 25.3. The number of benzene rings is 1. The Kier molecular flexibility index (Phi) is 8.63. The number of hydrogen-bond acceptors (Lipinski definition) is 5. The van der Waals surface area contributed by atoms with Gasteiger partial charge in [0.05, 0.1) is 26.3 Å². The molecule has 0 aromatic heterocycles. The van der Waals surface area contributed by atoms with Crippen molar-refractivity contribution in [1.29, 1.82) is 0 Å². The van der Waals surface area contributed by atoms with Crippen molar-refractivity contribution in [3.8, 4) is 11.5 Å². The fraction of sp³-hybridized carbons (Fsp3) is 0.609. The Bertz CT molecular complexity index is 808. The van der Waals surface area contributed by atoms with Gasteiger partial charge in [0.2, 0.25) is 0 Å². The Morgan fingerprint density at radius 2 is 1.77 bits per heavy atom. The molecular weight excluding hydrogens is 418 g/mol. The summed E-state index contributed by atoms with van der Waals surface area (Å²) in [5, 5.41) is 3.45. The number of methoxy groups -OCH3 is 3. The molecule has 7 nitrogen and oxygen atoms in total. The summed E-state index contributed by atoms with van der Waals surface area (Å²) >= 11 is 0. The highest BCUT2D eigenvalue weighted by atomic mass is 35.5. The number of amides is 2. The zero-order valence-electron chi connectivity index (χ0n) is 19.5. The Morgan fingerprint density at radius 3 is 2.32 bits per heavy atom. The Labute approximate surface area is 192 Å². The second kappa shape index (κ2) is 10.6. The number of ether oxygens (including phenoxy) is 3. The van der Waals surface area contributed by atoms with E-state index in [0.717, 1.165) is 55.1 Å². The van der Waals surface area contributed by atoms with Crippen LogP contribution in [0.1, 0.15) is 43.7 Å². The molecule has 1 atom stereocenters. The van der Waals surface area contributed by atoms with Crippen LogP contribution in [-0.4, -0.2) is 69.4 Å². The SMILES string of the molecule is CCN1C(=O)N2Cc3cc(OC)cc(OC)c3[C@@H](C)C=C2C12CCNCC2.COC.Cl. The summed E-state index contributed by atoms with van der Waals surface area (Å²) in [6, 6.07) is 4.10. The molecule has 3 heterocycles. The number of fused-ring (bicyclic) bond motifs is 3. The van der Waals surface area contributed by atoms with E-state index in [4.69, 9.17) is 9.47 Å². The van der Waals surface area contributed by atoms with Crippen LogP contribution in [0.2, 0.25) is 0 Å². The number of hydrogen-bond donors (Lipinski definition) is 1. The van der Waals surface area contributed by atoms with E-state index in [-0.39, 0.29) is 29.9 Å². The number of nitrogens with one attached hydrogen (secondary N) is 1. The normalized spacial score (nSPS) is 21.2. The number of piperidine rings is 1. The summed E-state index contributed by atoms with van der Waals surface area (Å²) in [5.41, 5.74) is 3.23. The van der Waals surface area contributed by atoms with E-state index in [1.165, 1.54) is 5.70 Å². The van der Waals surface area contributed by atoms with Crippen molar-refractivity contribution in [2.24, 2.45) is 0 Å². The summed E-state index contributed by atoms with van der Waals surface area (Å²) in [6.07, 6.45) is 4.20. The molecule has 2 amide bonds. The van der Waals surface area contributed by atoms with Gasteiger partial charge in [-0.1, -0.05) is 13.0 Å². The van der Waals surface area contributed by atoms with Gasteiger partial charge in [-0.15, -0.1) is 12.4 Å². The van der Waals surface area contributed by atoms with E-state index in [2.05, 4.69) is 34.9 Å². The van der Waals surface area contributed by atoms with Crippen molar-refractivity contribution in [3.05, 3.63) is 35.0 Å². The topological polar surface area (TPSA) is 63.3 Å². The Hall–Kier alpha value is -1.96. The molecule has 174 valence electrons. The standard InChI is InChI=1S/C21H29N3O3.C2H6O.ClH/c1-5-24-20(25)23-13-15-11-16(26-3)12-17(27-4)19(15)14(2)10-18(23)21(24)6-8-22-9-7-21;1-3-2;/h10-12,14,22H,5-9,13H2,1-4H3;1-2H3;1H/t14-;;/m0../s1. The van der Waals surface area contributed by atoms with Gasteiger partial charge in [0.25, 0.3) is 0 Å². The predicted octanol–water partition coefficient (Wildman–Crippen LogP) is 3.77. The van der Waals surface area contributed by atoms with E-state index >= 15 is 0 Å². The summed E-state index contributed by atoms with van der Waals surface area (Å²) in [4.78, 5) is 17.4. The third kappa shape index (κ3) is 4.36. The molecule has 31 heavy (non-hydrogen) atoms. The van der Waals surface area contributed by atoms with Crippen LogP contribution < -0.4 is 14.8 Å². The predicted molar refractivity (Wildman–Crippen MR) is 124 cm³/mol. The van der Waals surface area contributed by atoms with Crippen LogP contribution in [0.4, 0.5) is 4.79 Å². The van der Waals surface area contributed by atoms with Crippen LogP contribution in [0.5, 0.6) is 11.5 Å². The lowest BCUT2D eigenvalue weighted by Gasteiger charge is -2.41. The zero-order chi connectivity index (χ0) is 21.9. The van der Waals surface area contributed by atoms with Crippen LogP contribution in [0.15, 0.2) is 23.9 Å². The number of nitrogens with zero attached hydrogens (tertiary/aromatic N) is 2. The minimum absolute atomic E-state index is 0. The van der Waals surface area contributed by atoms with E-state index in [1.54, 1.807) is 28.4 Å². The van der Waals surface area contributed by atoms with Crippen LogP contribution in [0.25, 0.3) is 0 Å². The summed E-state index contributed by atoms with van der Waals surface area (Å²) in [7, 11) is 6.61. The maximum Gasteiger partial charge on any atom is 0.325 e. The first-order chi connectivity index (χ1) is 14.5. The van der Waals surface area contributed by atoms with Gasteiger partial charge in [0.1, 0.15) is 11.5 Å². The lowest BCUT2D eigenvalue weighted by Crippen LogP contribution is -2.52. The zero-order valence-corrected chi connectivity index (χ0v) is 20.3. The Balaban J connectivity index is 0.000000808.